The summed E-state index contributed by atoms with van der Waals surface area (Å²) in [6.45, 7) is -0.262. The Morgan fingerprint density at radius 2 is 1.80 bits per heavy atom. The zero-order valence-electron chi connectivity index (χ0n) is 18.9. The second-order valence-corrected chi connectivity index (χ2v) is 11.2. The summed E-state index contributed by atoms with van der Waals surface area (Å²) in [7, 11) is -3.57. The van der Waals surface area contributed by atoms with Crippen LogP contribution in [0.15, 0.2) is 71.6 Å². The molecule has 4 bridgehead atoms. The smallest absolute Gasteiger partial charge is 0.415 e. The predicted molar refractivity (Wildman–Crippen MR) is 130 cm³/mol. The van der Waals surface area contributed by atoms with Crippen molar-refractivity contribution in [1.82, 2.24) is 0 Å². The maximum Gasteiger partial charge on any atom is 0.415 e. The van der Waals surface area contributed by atoms with Gasteiger partial charge >= 0.3 is 6.09 Å². The van der Waals surface area contributed by atoms with Gasteiger partial charge in [-0.3, -0.25) is 4.90 Å². The van der Waals surface area contributed by atoms with Gasteiger partial charge in [0, 0.05) is 5.56 Å². The van der Waals surface area contributed by atoms with E-state index < -0.39 is 33.2 Å². The first-order valence-electron chi connectivity index (χ1n) is 11.7. The zero-order valence-corrected chi connectivity index (χ0v) is 19.8. The molecule has 176 valence electrons. The zero-order chi connectivity index (χ0) is 24.1. The van der Waals surface area contributed by atoms with Gasteiger partial charge in [0.25, 0.3) is 0 Å². The van der Waals surface area contributed by atoms with E-state index in [1.165, 1.54) is 12.1 Å². The molecule has 2 aromatic rings. The molecule has 1 amide bonds. The molecule has 1 saturated carbocycles. The molecule has 0 unspecified atom stereocenters. The van der Waals surface area contributed by atoms with E-state index in [1.807, 2.05) is 24.3 Å². The predicted octanol–water partition coefficient (Wildman–Crippen LogP) is 3.83. The monoisotopic (exact) mass is 485 g/mol. The van der Waals surface area contributed by atoms with Crippen LogP contribution in [0.5, 0.6) is 0 Å². The Balaban J connectivity index is 1.34. The van der Waals surface area contributed by atoms with Crippen molar-refractivity contribution in [1.29, 1.82) is 0 Å². The lowest BCUT2D eigenvalue weighted by Crippen LogP contribution is -2.57. The van der Waals surface area contributed by atoms with Crippen molar-refractivity contribution >= 4 is 21.6 Å². The first-order chi connectivity index (χ1) is 17.0. The van der Waals surface area contributed by atoms with Gasteiger partial charge in [0.2, 0.25) is 0 Å². The van der Waals surface area contributed by atoms with E-state index in [-0.39, 0.29) is 23.2 Å². The number of ether oxygens (including phenoxy) is 2. The third kappa shape index (κ3) is 3.23. The minimum atomic E-state index is -3.57. The summed E-state index contributed by atoms with van der Waals surface area (Å²) in [4.78, 5) is 15.2. The van der Waals surface area contributed by atoms with Crippen LogP contribution in [-0.2, 0) is 24.9 Å². The molecule has 2 aliphatic carbocycles. The van der Waals surface area contributed by atoms with Gasteiger partial charge in [0.1, 0.15) is 23.9 Å². The number of allylic oxidation sites excluding steroid dienone is 2. The van der Waals surface area contributed by atoms with E-state index >= 15 is 0 Å². The Morgan fingerprint density at radius 1 is 1.06 bits per heavy atom. The molecule has 0 radical (unpaired) electrons. The van der Waals surface area contributed by atoms with Crippen LogP contribution in [0.2, 0.25) is 0 Å². The Morgan fingerprint density at radius 3 is 2.63 bits per heavy atom. The number of anilines is 1. The lowest BCUT2D eigenvalue weighted by atomic mass is 9.64. The average Bonchev–Trinajstić information content (AvgIpc) is 3.59. The molecule has 2 fully saturated rings. The maximum absolute atomic E-state index is 13.5. The molecule has 6 rings (SSSR count). The molecular formula is C28H23NO5S. The van der Waals surface area contributed by atoms with E-state index in [4.69, 9.17) is 9.47 Å². The summed E-state index contributed by atoms with van der Waals surface area (Å²) in [5.41, 5.74) is 0.323. The number of hydrogen-bond donors (Lipinski definition) is 0. The molecule has 0 aromatic heterocycles. The first kappa shape index (κ1) is 22.0. The van der Waals surface area contributed by atoms with Crippen LogP contribution >= 0.6 is 0 Å². The summed E-state index contributed by atoms with van der Waals surface area (Å²) >= 11 is 0. The van der Waals surface area contributed by atoms with Gasteiger partial charge in [-0.15, -0.1) is 0 Å². The van der Waals surface area contributed by atoms with Crippen LogP contribution in [0, 0.1) is 29.6 Å². The van der Waals surface area contributed by atoms with Crippen molar-refractivity contribution < 1.29 is 22.7 Å². The molecule has 6 nitrogen and oxygen atoms in total. The van der Waals surface area contributed by atoms with Crippen molar-refractivity contribution in [2.45, 2.75) is 41.4 Å². The highest BCUT2D eigenvalue weighted by Crippen LogP contribution is 2.72. The quantitative estimate of drug-likeness (QED) is 0.486. The number of rotatable bonds is 4. The number of carbonyl (C=O) groups excluding carboxylic acids is 1. The van der Waals surface area contributed by atoms with Gasteiger partial charge in [0.15, 0.2) is 9.84 Å². The molecule has 1 saturated heterocycles. The number of amides is 1. The van der Waals surface area contributed by atoms with Gasteiger partial charge < -0.3 is 9.47 Å². The molecule has 35 heavy (non-hydrogen) atoms. The largest absolute Gasteiger partial charge is 0.448 e. The topological polar surface area (TPSA) is 76.2 Å². The fourth-order valence-electron chi connectivity index (χ4n) is 5.82. The molecule has 2 aliphatic heterocycles. The summed E-state index contributed by atoms with van der Waals surface area (Å²) < 4.78 is 37.5. The highest BCUT2D eigenvalue weighted by atomic mass is 32.2. The number of epoxide rings is 1. The summed E-state index contributed by atoms with van der Waals surface area (Å²) in [6.07, 6.45) is 5.38. The SMILES string of the molecule is O=C(OCCS(=O)(=O)c1ccccc1)N1c2ccccc2[C@@]23O[C@]24CCC[C@H]3C#C/C=C\C#C[C@H]14. The highest BCUT2D eigenvalue weighted by Gasteiger charge is 2.81. The van der Waals surface area contributed by atoms with Crippen LogP contribution in [0.4, 0.5) is 10.5 Å². The average molecular weight is 486 g/mol. The van der Waals surface area contributed by atoms with Crippen molar-refractivity contribution in [3.8, 4) is 23.7 Å². The number of carbonyl (C=O) groups is 1. The van der Waals surface area contributed by atoms with Crippen LogP contribution in [0.25, 0.3) is 0 Å². The molecule has 2 heterocycles. The Bertz CT molecular complexity index is 1460. The number of fused-ring (bicyclic) bond motifs is 1. The third-order valence-electron chi connectivity index (χ3n) is 7.33. The fraction of sp³-hybridized carbons (Fsp3) is 0.321. The van der Waals surface area contributed by atoms with Gasteiger partial charge in [-0.25, -0.2) is 13.2 Å². The minimum Gasteiger partial charge on any atom is -0.448 e. The Labute approximate surface area is 204 Å². The van der Waals surface area contributed by atoms with E-state index in [0.717, 1.165) is 24.8 Å². The standard InChI is InChI=1S/C28H23NO5S/c30-26(33-19-20-35(31,32)22-13-5-3-6-14-22)29-24-16-9-8-15-23(24)28-21-11-4-1-2-7-17-25(29)27(28,34-28)18-10-12-21/h1-3,5-6,8-9,13-16,21,25H,10,12,18-20H2/b2-1-/t21-,25+,27+,28-/m1/s1. The Kier molecular flexibility index (Phi) is 5.03. The lowest BCUT2D eigenvalue weighted by molar-refractivity contribution is 0.153. The molecule has 0 spiro atoms. The van der Waals surface area contributed by atoms with Gasteiger partial charge in [0.05, 0.1) is 22.3 Å². The van der Waals surface area contributed by atoms with Gasteiger partial charge in [-0.1, -0.05) is 60.1 Å². The molecule has 0 N–H and O–H groups in total. The normalized spacial score (nSPS) is 30.2. The summed E-state index contributed by atoms with van der Waals surface area (Å²) in [5, 5.41) is 0. The second kappa shape index (κ2) is 8.02. The van der Waals surface area contributed by atoms with E-state index in [9.17, 15) is 13.2 Å². The number of hydrogen-bond acceptors (Lipinski definition) is 5. The Hall–Kier alpha value is -3.52. The van der Waals surface area contributed by atoms with E-state index in [1.54, 1.807) is 35.3 Å². The second-order valence-electron chi connectivity index (χ2n) is 9.12. The van der Waals surface area contributed by atoms with Crippen LogP contribution in [0.1, 0.15) is 24.8 Å². The number of para-hydroxylation sites is 1. The number of sulfone groups is 1. The van der Waals surface area contributed by atoms with Crippen molar-refractivity contribution in [3.63, 3.8) is 0 Å². The third-order valence-corrected chi connectivity index (χ3v) is 9.02. The van der Waals surface area contributed by atoms with Crippen molar-refractivity contribution in [3.05, 3.63) is 72.3 Å². The summed E-state index contributed by atoms with van der Waals surface area (Å²) in [6, 6.07) is 15.2. The van der Waals surface area contributed by atoms with Crippen molar-refractivity contribution in [2.75, 3.05) is 17.3 Å². The lowest BCUT2D eigenvalue weighted by Gasteiger charge is -2.43. The van der Waals surface area contributed by atoms with Crippen LogP contribution in [-0.4, -0.2) is 38.5 Å². The molecular weight excluding hydrogens is 462 g/mol. The molecule has 7 heteroatoms. The molecule has 4 atom stereocenters. The van der Waals surface area contributed by atoms with E-state index in [0.29, 0.717) is 5.69 Å². The molecule has 2 aromatic carbocycles. The van der Waals surface area contributed by atoms with Gasteiger partial charge in [-0.05, 0) is 49.6 Å². The minimum absolute atomic E-state index is 0.00126. The van der Waals surface area contributed by atoms with Gasteiger partial charge in [-0.2, -0.15) is 0 Å². The number of nitrogens with zero attached hydrogens (tertiary/aromatic N) is 1. The first-order valence-corrected chi connectivity index (χ1v) is 13.4. The van der Waals surface area contributed by atoms with Crippen LogP contribution < -0.4 is 4.90 Å². The summed E-state index contributed by atoms with van der Waals surface area (Å²) in [5.74, 6) is 12.4. The fourth-order valence-corrected chi connectivity index (χ4v) is 6.93. The maximum atomic E-state index is 13.5. The van der Waals surface area contributed by atoms with E-state index in [2.05, 4.69) is 23.7 Å². The van der Waals surface area contributed by atoms with Crippen LogP contribution in [0.3, 0.4) is 0 Å². The number of benzene rings is 2. The molecule has 4 aliphatic rings. The highest BCUT2D eigenvalue weighted by molar-refractivity contribution is 7.91. The van der Waals surface area contributed by atoms with Crippen molar-refractivity contribution in [2.24, 2.45) is 5.92 Å².